The molecule has 1 N–H and O–H groups in total. The first-order chi connectivity index (χ1) is 15.0. The molecule has 0 unspecified atom stereocenters. The van der Waals surface area contributed by atoms with Crippen LogP contribution in [0.3, 0.4) is 0 Å². The molecule has 9 nitrogen and oxygen atoms in total. The zero-order chi connectivity index (χ0) is 22.2. The zero-order valence-corrected chi connectivity index (χ0v) is 17.2. The molecule has 1 amide bonds. The van der Waals surface area contributed by atoms with Crippen molar-refractivity contribution >= 4 is 28.9 Å². The van der Waals surface area contributed by atoms with Gasteiger partial charge in [-0.25, -0.2) is 4.98 Å². The zero-order valence-electron chi connectivity index (χ0n) is 16.4. The van der Waals surface area contributed by atoms with E-state index in [0.29, 0.717) is 30.2 Å². The molecule has 0 aliphatic heterocycles. The fourth-order valence-corrected chi connectivity index (χ4v) is 2.70. The van der Waals surface area contributed by atoms with Gasteiger partial charge in [0, 0.05) is 30.0 Å². The van der Waals surface area contributed by atoms with E-state index in [9.17, 15) is 14.9 Å². The predicted octanol–water partition coefficient (Wildman–Crippen LogP) is 4.71. The number of amides is 1. The van der Waals surface area contributed by atoms with Crippen LogP contribution >= 0.6 is 11.6 Å². The number of hydrogen-bond acceptors (Lipinski definition) is 7. The highest BCUT2D eigenvalue weighted by Crippen LogP contribution is 2.33. The van der Waals surface area contributed by atoms with Crippen molar-refractivity contribution in [2.75, 3.05) is 25.6 Å². The Hall–Kier alpha value is -3.69. The summed E-state index contributed by atoms with van der Waals surface area (Å²) >= 11 is 5.81. The van der Waals surface area contributed by atoms with E-state index < -0.39 is 4.92 Å². The van der Waals surface area contributed by atoms with Gasteiger partial charge in [-0.2, -0.15) is 0 Å². The van der Waals surface area contributed by atoms with Crippen molar-refractivity contribution in [3.63, 3.8) is 0 Å². The number of halogens is 1. The van der Waals surface area contributed by atoms with Gasteiger partial charge >= 0.3 is 5.69 Å². The van der Waals surface area contributed by atoms with E-state index in [2.05, 4.69) is 10.3 Å². The Labute approximate surface area is 182 Å². The molecule has 0 aliphatic rings. The minimum absolute atomic E-state index is 0.0415. The molecule has 0 bridgehead atoms. The Balaban J connectivity index is 1.70. The van der Waals surface area contributed by atoms with Gasteiger partial charge in [0.25, 0.3) is 5.91 Å². The number of aromatic nitrogens is 1. The van der Waals surface area contributed by atoms with Crippen LogP contribution < -0.4 is 14.8 Å². The molecule has 0 atom stereocenters. The number of carbonyl (C=O) groups excluding carboxylic acids is 1. The molecule has 0 saturated carbocycles. The highest BCUT2D eigenvalue weighted by Gasteiger charge is 2.17. The molecule has 10 heteroatoms. The van der Waals surface area contributed by atoms with Crippen molar-refractivity contribution in [3.8, 4) is 17.4 Å². The number of hydrogen-bond donors (Lipinski definition) is 1. The molecule has 1 heterocycles. The van der Waals surface area contributed by atoms with Crippen LogP contribution in [0.4, 0.5) is 11.4 Å². The van der Waals surface area contributed by atoms with Crippen LogP contribution in [0.25, 0.3) is 0 Å². The Kier molecular flexibility index (Phi) is 7.36. The summed E-state index contributed by atoms with van der Waals surface area (Å²) in [6.07, 6.45) is 1.56. The third-order valence-corrected chi connectivity index (χ3v) is 4.24. The molecule has 3 aromatic rings. The van der Waals surface area contributed by atoms with Gasteiger partial charge in [-0.1, -0.05) is 11.6 Å². The van der Waals surface area contributed by atoms with E-state index >= 15 is 0 Å². The Bertz CT molecular complexity index is 1070. The van der Waals surface area contributed by atoms with Crippen LogP contribution in [0.1, 0.15) is 10.4 Å². The summed E-state index contributed by atoms with van der Waals surface area (Å²) in [6, 6.07) is 13.6. The number of nitrogens with zero attached hydrogens (tertiary/aromatic N) is 2. The lowest BCUT2D eigenvalue weighted by atomic mass is 10.2. The van der Waals surface area contributed by atoms with Crippen LogP contribution in [0.15, 0.2) is 60.8 Å². The number of benzene rings is 2. The molecule has 0 radical (unpaired) electrons. The van der Waals surface area contributed by atoms with Crippen molar-refractivity contribution in [2.24, 2.45) is 0 Å². The Morgan fingerprint density at radius 1 is 1.16 bits per heavy atom. The molecule has 31 heavy (non-hydrogen) atoms. The lowest BCUT2D eigenvalue weighted by molar-refractivity contribution is -0.385. The van der Waals surface area contributed by atoms with Crippen LogP contribution in [-0.2, 0) is 4.74 Å². The largest absolute Gasteiger partial charge is 0.474 e. The monoisotopic (exact) mass is 443 g/mol. The highest BCUT2D eigenvalue weighted by molar-refractivity contribution is 6.30. The lowest BCUT2D eigenvalue weighted by Crippen LogP contribution is -2.14. The van der Waals surface area contributed by atoms with Crippen molar-refractivity contribution in [1.82, 2.24) is 4.98 Å². The van der Waals surface area contributed by atoms with Gasteiger partial charge in [-0.15, -0.1) is 0 Å². The van der Waals surface area contributed by atoms with Gasteiger partial charge < -0.3 is 19.5 Å². The topological polar surface area (TPSA) is 113 Å². The number of carbonyl (C=O) groups is 1. The summed E-state index contributed by atoms with van der Waals surface area (Å²) in [5.41, 5.74) is 0.511. The summed E-state index contributed by atoms with van der Waals surface area (Å²) in [5, 5.41) is 14.2. The van der Waals surface area contributed by atoms with Crippen molar-refractivity contribution in [1.29, 1.82) is 0 Å². The number of rotatable bonds is 9. The van der Waals surface area contributed by atoms with E-state index in [-0.39, 0.29) is 28.2 Å². The number of nitrogens with one attached hydrogen (secondary N) is 1. The first-order valence-corrected chi connectivity index (χ1v) is 9.45. The maximum Gasteiger partial charge on any atom is 0.313 e. The summed E-state index contributed by atoms with van der Waals surface area (Å²) in [6.45, 7) is 0.677. The van der Waals surface area contributed by atoms with Crippen LogP contribution in [-0.4, -0.2) is 36.1 Å². The van der Waals surface area contributed by atoms with E-state index in [4.69, 9.17) is 25.8 Å². The third-order valence-electron chi connectivity index (χ3n) is 4.01. The number of ether oxygens (including phenoxy) is 3. The molecule has 0 saturated heterocycles. The summed E-state index contributed by atoms with van der Waals surface area (Å²) in [5.74, 6) is 0.267. The number of anilines is 1. The second kappa shape index (κ2) is 10.4. The smallest absolute Gasteiger partial charge is 0.313 e. The van der Waals surface area contributed by atoms with E-state index in [1.165, 1.54) is 42.5 Å². The predicted molar refractivity (Wildman–Crippen MR) is 114 cm³/mol. The minimum Gasteiger partial charge on any atom is -0.474 e. The molecule has 1 aromatic heterocycles. The highest BCUT2D eigenvalue weighted by atomic mass is 35.5. The van der Waals surface area contributed by atoms with E-state index in [1.807, 2.05) is 0 Å². The van der Waals surface area contributed by atoms with Gasteiger partial charge in [-0.05, 0) is 48.5 Å². The SMILES string of the molecule is COCCOc1ncccc1NC(=O)c1ccc(Oc2ccc(Cl)cc2[N+](=O)[O-])cc1. The average Bonchev–Trinajstić information content (AvgIpc) is 2.76. The molecule has 0 spiro atoms. The van der Waals surface area contributed by atoms with Crippen molar-refractivity contribution in [3.05, 3.63) is 81.5 Å². The second-order valence-corrected chi connectivity index (χ2v) is 6.58. The quantitative estimate of drug-likeness (QED) is 0.289. The van der Waals surface area contributed by atoms with Crippen LogP contribution in [0.2, 0.25) is 5.02 Å². The Morgan fingerprint density at radius 3 is 2.65 bits per heavy atom. The van der Waals surface area contributed by atoms with Gasteiger partial charge in [0.1, 0.15) is 18.0 Å². The molecule has 3 rings (SSSR count). The molecular weight excluding hydrogens is 426 g/mol. The maximum atomic E-state index is 12.6. The van der Waals surface area contributed by atoms with Crippen LogP contribution in [0, 0.1) is 10.1 Å². The van der Waals surface area contributed by atoms with Gasteiger partial charge in [-0.3, -0.25) is 14.9 Å². The molecule has 0 aliphatic carbocycles. The number of nitro benzene ring substituents is 1. The first kappa shape index (κ1) is 22.0. The third kappa shape index (κ3) is 5.91. The normalized spacial score (nSPS) is 10.4. The second-order valence-electron chi connectivity index (χ2n) is 6.15. The summed E-state index contributed by atoms with van der Waals surface area (Å²) < 4.78 is 16.0. The van der Waals surface area contributed by atoms with Crippen molar-refractivity contribution < 1.29 is 23.9 Å². The number of nitro groups is 1. The standard InChI is InChI=1S/C21H18ClN3O6/c1-29-11-12-30-21-17(3-2-10-23-21)24-20(26)14-4-7-16(8-5-14)31-19-9-6-15(22)13-18(19)25(27)28/h2-10,13H,11-12H2,1H3,(H,24,26). The average molecular weight is 444 g/mol. The molecule has 2 aromatic carbocycles. The Morgan fingerprint density at radius 2 is 1.94 bits per heavy atom. The molecule has 0 fully saturated rings. The molecular formula is C21H18ClN3O6. The fraction of sp³-hybridized carbons (Fsp3) is 0.143. The maximum absolute atomic E-state index is 12.6. The van der Waals surface area contributed by atoms with Gasteiger partial charge in [0.05, 0.1) is 11.5 Å². The number of methoxy groups -OCH3 is 1. The summed E-state index contributed by atoms with van der Waals surface area (Å²) in [7, 11) is 1.56. The van der Waals surface area contributed by atoms with Crippen molar-refractivity contribution in [2.45, 2.75) is 0 Å². The molecule has 160 valence electrons. The van der Waals surface area contributed by atoms with Crippen LogP contribution in [0.5, 0.6) is 17.4 Å². The fourth-order valence-electron chi connectivity index (χ4n) is 2.54. The van der Waals surface area contributed by atoms with E-state index in [1.54, 1.807) is 25.4 Å². The minimum atomic E-state index is -0.580. The first-order valence-electron chi connectivity index (χ1n) is 9.08. The van der Waals surface area contributed by atoms with Gasteiger partial charge in [0.2, 0.25) is 11.6 Å². The number of pyridine rings is 1. The lowest BCUT2D eigenvalue weighted by Gasteiger charge is -2.11. The van der Waals surface area contributed by atoms with E-state index in [0.717, 1.165) is 0 Å². The summed E-state index contributed by atoms with van der Waals surface area (Å²) in [4.78, 5) is 27.3. The van der Waals surface area contributed by atoms with Gasteiger partial charge in [0.15, 0.2) is 0 Å².